The molecule has 2 aliphatic heterocycles. The fourth-order valence-corrected chi connectivity index (χ4v) is 4.71. The molecule has 0 bridgehead atoms. The van der Waals surface area contributed by atoms with Crippen molar-refractivity contribution in [3.63, 3.8) is 0 Å². The van der Waals surface area contributed by atoms with Crippen LogP contribution in [0.5, 0.6) is 0 Å². The quantitative estimate of drug-likeness (QED) is 0.641. The number of carbonyl (C=O) groups is 1. The normalized spacial score (nSPS) is 24.1. The van der Waals surface area contributed by atoms with Crippen molar-refractivity contribution in [3.05, 3.63) is 65.9 Å². The highest BCUT2D eigenvalue weighted by Crippen LogP contribution is 2.33. The van der Waals surface area contributed by atoms with Crippen LogP contribution in [0.1, 0.15) is 28.8 Å². The van der Waals surface area contributed by atoms with Crippen LogP contribution in [0.3, 0.4) is 0 Å². The highest BCUT2D eigenvalue weighted by molar-refractivity contribution is 5.93. The first-order chi connectivity index (χ1) is 15.6. The van der Waals surface area contributed by atoms with E-state index in [4.69, 9.17) is 9.47 Å². The molecule has 32 heavy (non-hydrogen) atoms. The lowest BCUT2D eigenvalue weighted by Crippen LogP contribution is -2.45. The van der Waals surface area contributed by atoms with Crippen LogP contribution < -0.4 is 5.32 Å². The summed E-state index contributed by atoms with van der Waals surface area (Å²) in [5.74, 6) is -0.378. The Morgan fingerprint density at radius 2 is 2.31 bits per heavy atom. The number of benzene rings is 1. The number of rotatable bonds is 5. The van der Waals surface area contributed by atoms with E-state index < -0.39 is 5.60 Å². The van der Waals surface area contributed by atoms with Crippen molar-refractivity contribution < 1.29 is 18.7 Å². The number of H-pyrrole nitrogens is 1. The zero-order valence-corrected chi connectivity index (χ0v) is 17.9. The summed E-state index contributed by atoms with van der Waals surface area (Å²) in [5, 5.41) is 3.86. The first kappa shape index (κ1) is 21.1. The van der Waals surface area contributed by atoms with Crippen LogP contribution in [0.25, 0.3) is 10.9 Å². The van der Waals surface area contributed by atoms with E-state index >= 15 is 0 Å². The molecule has 2 saturated heterocycles. The molecule has 1 spiro atoms. The summed E-state index contributed by atoms with van der Waals surface area (Å²) in [4.78, 5) is 21.9. The molecule has 1 amide bonds. The van der Waals surface area contributed by atoms with Crippen LogP contribution in [0.2, 0.25) is 0 Å². The number of carbonyl (C=O) groups excluding carboxylic acids is 1. The number of aromatic nitrogens is 2. The fourth-order valence-electron chi connectivity index (χ4n) is 4.71. The summed E-state index contributed by atoms with van der Waals surface area (Å²) in [5.41, 5.74) is 2.15. The van der Waals surface area contributed by atoms with Crippen LogP contribution in [0, 0.1) is 5.82 Å². The Morgan fingerprint density at radius 3 is 3.19 bits per heavy atom. The predicted molar refractivity (Wildman–Crippen MR) is 118 cm³/mol. The molecular formula is C24H27FN4O3. The van der Waals surface area contributed by atoms with Crippen molar-refractivity contribution in [2.45, 2.75) is 31.1 Å². The molecule has 0 unspecified atom stereocenters. The third-order valence-corrected chi connectivity index (χ3v) is 6.30. The summed E-state index contributed by atoms with van der Waals surface area (Å²) in [6, 6.07) is 8.31. The number of ether oxygens (including phenoxy) is 2. The van der Waals surface area contributed by atoms with Gasteiger partial charge in [0, 0.05) is 55.7 Å². The predicted octanol–water partition coefficient (Wildman–Crippen LogP) is 2.88. The number of nitrogens with zero attached hydrogens (tertiary/aromatic N) is 2. The molecule has 2 atom stereocenters. The number of halogens is 1. The van der Waals surface area contributed by atoms with Gasteiger partial charge in [-0.3, -0.25) is 14.7 Å². The van der Waals surface area contributed by atoms with E-state index in [1.165, 1.54) is 6.07 Å². The topological polar surface area (TPSA) is 79.5 Å². The number of aromatic amines is 1. The third kappa shape index (κ3) is 4.53. The average Bonchev–Trinajstić information content (AvgIpc) is 3.33. The van der Waals surface area contributed by atoms with Gasteiger partial charge in [0.05, 0.1) is 24.9 Å². The molecule has 0 radical (unpaired) electrons. The lowest BCUT2D eigenvalue weighted by Gasteiger charge is -2.32. The molecule has 5 rings (SSSR count). The van der Waals surface area contributed by atoms with E-state index in [2.05, 4.69) is 20.2 Å². The molecule has 3 aromatic rings. The van der Waals surface area contributed by atoms with Crippen LogP contribution in [0.15, 0.2) is 48.9 Å². The monoisotopic (exact) mass is 438 g/mol. The van der Waals surface area contributed by atoms with Gasteiger partial charge in [-0.1, -0.05) is 0 Å². The van der Waals surface area contributed by atoms with E-state index in [1.54, 1.807) is 36.7 Å². The summed E-state index contributed by atoms with van der Waals surface area (Å²) in [7, 11) is 0. The Bertz CT molecular complexity index is 1090. The standard InChI is InChI=1S/C24H27FN4O3/c25-19-3-4-22-21(10-19)18(12-27-22)14-29-8-9-31-16-24(15-29)6-5-20(32-24)13-28-23(30)17-2-1-7-26-11-17/h1-4,7,10-12,20,27H,5-6,8-9,13-16H2,(H,28,30)/t20-,24+/m1/s1. The molecule has 4 heterocycles. The Hall–Kier alpha value is -2.81. The minimum atomic E-state index is -0.391. The molecule has 2 fully saturated rings. The van der Waals surface area contributed by atoms with Gasteiger partial charge in [0.2, 0.25) is 0 Å². The number of pyridine rings is 1. The maximum absolute atomic E-state index is 13.8. The lowest BCUT2D eigenvalue weighted by atomic mass is 9.99. The number of fused-ring (bicyclic) bond motifs is 1. The Balaban J connectivity index is 1.22. The Labute approximate surface area is 185 Å². The van der Waals surface area contributed by atoms with Crippen molar-refractivity contribution >= 4 is 16.8 Å². The molecule has 1 aromatic carbocycles. The average molecular weight is 439 g/mol. The maximum Gasteiger partial charge on any atom is 0.252 e. The molecule has 168 valence electrons. The number of nitrogens with one attached hydrogen (secondary N) is 2. The van der Waals surface area contributed by atoms with E-state index in [-0.39, 0.29) is 17.8 Å². The van der Waals surface area contributed by atoms with E-state index in [1.807, 2.05) is 6.20 Å². The van der Waals surface area contributed by atoms with Gasteiger partial charge in [0.1, 0.15) is 11.4 Å². The minimum Gasteiger partial charge on any atom is -0.377 e. The van der Waals surface area contributed by atoms with Crippen LogP contribution in [-0.4, -0.2) is 65.3 Å². The fraction of sp³-hybridized carbons (Fsp3) is 0.417. The second-order valence-electron chi connectivity index (χ2n) is 8.68. The molecule has 2 aromatic heterocycles. The second kappa shape index (κ2) is 8.97. The second-order valence-corrected chi connectivity index (χ2v) is 8.68. The van der Waals surface area contributed by atoms with Crippen molar-refractivity contribution in [2.75, 3.05) is 32.8 Å². The summed E-state index contributed by atoms with van der Waals surface area (Å²) in [6.07, 6.45) is 6.84. The van der Waals surface area contributed by atoms with E-state index in [9.17, 15) is 9.18 Å². The van der Waals surface area contributed by atoms with Gasteiger partial charge >= 0.3 is 0 Å². The van der Waals surface area contributed by atoms with Crippen LogP contribution in [0.4, 0.5) is 4.39 Å². The summed E-state index contributed by atoms with van der Waals surface area (Å²) < 4.78 is 26.1. The summed E-state index contributed by atoms with van der Waals surface area (Å²) >= 11 is 0. The number of hydrogen-bond donors (Lipinski definition) is 2. The van der Waals surface area contributed by atoms with Gasteiger partial charge in [-0.05, 0) is 48.7 Å². The van der Waals surface area contributed by atoms with Crippen molar-refractivity contribution in [3.8, 4) is 0 Å². The highest BCUT2D eigenvalue weighted by Gasteiger charge is 2.43. The first-order valence-electron chi connectivity index (χ1n) is 11.0. The van der Waals surface area contributed by atoms with Gasteiger partial charge < -0.3 is 19.8 Å². The van der Waals surface area contributed by atoms with Gasteiger partial charge in [-0.2, -0.15) is 0 Å². The molecule has 8 heteroatoms. The van der Waals surface area contributed by atoms with E-state index in [0.717, 1.165) is 42.4 Å². The zero-order chi connectivity index (χ0) is 22.0. The minimum absolute atomic E-state index is 0.0543. The Morgan fingerprint density at radius 1 is 1.38 bits per heavy atom. The first-order valence-corrected chi connectivity index (χ1v) is 11.0. The Kier molecular flexibility index (Phi) is 5.91. The highest BCUT2D eigenvalue weighted by atomic mass is 19.1. The van der Waals surface area contributed by atoms with Crippen LogP contribution >= 0.6 is 0 Å². The van der Waals surface area contributed by atoms with Crippen molar-refractivity contribution in [2.24, 2.45) is 0 Å². The molecule has 7 nitrogen and oxygen atoms in total. The van der Waals surface area contributed by atoms with Gasteiger partial charge in [0.25, 0.3) is 5.91 Å². The van der Waals surface area contributed by atoms with Crippen molar-refractivity contribution in [1.29, 1.82) is 0 Å². The maximum atomic E-state index is 13.8. The third-order valence-electron chi connectivity index (χ3n) is 6.30. The van der Waals surface area contributed by atoms with Gasteiger partial charge in [-0.25, -0.2) is 4.39 Å². The van der Waals surface area contributed by atoms with Crippen molar-refractivity contribution in [1.82, 2.24) is 20.2 Å². The zero-order valence-electron chi connectivity index (χ0n) is 17.9. The molecule has 0 aliphatic carbocycles. The largest absolute Gasteiger partial charge is 0.377 e. The number of hydrogen-bond acceptors (Lipinski definition) is 5. The SMILES string of the molecule is O=C(NC[C@H]1CC[C@]2(COCCN(Cc3c[nH]c4ccc(F)cc34)C2)O1)c1cccnc1. The van der Waals surface area contributed by atoms with Gasteiger partial charge in [-0.15, -0.1) is 0 Å². The van der Waals surface area contributed by atoms with Crippen LogP contribution in [-0.2, 0) is 16.0 Å². The van der Waals surface area contributed by atoms with Gasteiger partial charge in [0.15, 0.2) is 0 Å². The number of amides is 1. The smallest absolute Gasteiger partial charge is 0.252 e. The van der Waals surface area contributed by atoms with E-state index in [0.29, 0.717) is 31.9 Å². The molecule has 0 saturated carbocycles. The molecule has 2 aliphatic rings. The summed E-state index contributed by atoms with van der Waals surface area (Å²) in [6.45, 7) is 3.85. The molecular weight excluding hydrogens is 411 g/mol. The lowest BCUT2D eigenvalue weighted by molar-refractivity contribution is -0.0849. The molecule has 2 N–H and O–H groups in total.